The lowest BCUT2D eigenvalue weighted by Gasteiger charge is -2.34. The number of sulfonamides is 1. The zero-order chi connectivity index (χ0) is 25.1. The Labute approximate surface area is 224 Å². The Balaban J connectivity index is 1.43. The van der Waals surface area contributed by atoms with Gasteiger partial charge in [0.05, 0.1) is 4.90 Å². The van der Waals surface area contributed by atoms with E-state index in [1.165, 1.54) is 4.31 Å². The quantitative estimate of drug-likeness (QED) is 0.367. The normalized spacial score (nSPS) is 15.6. The summed E-state index contributed by atoms with van der Waals surface area (Å²) in [6.07, 6.45) is 0.980. The molecule has 4 rings (SSSR count). The summed E-state index contributed by atoms with van der Waals surface area (Å²) in [7, 11) is -3.65. The maximum absolute atomic E-state index is 13.2. The lowest BCUT2D eigenvalue weighted by atomic mass is 9.76. The predicted octanol–water partition coefficient (Wildman–Crippen LogP) is 5.73. The lowest BCUT2D eigenvalue weighted by Crippen LogP contribution is -2.46. The number of hydrogen-bond acceptors (Lipinski definition) is 3. The van der Waals surface area contributed by atoms with Crippen LogP contribution in [0.15, 0.2) is 92.7 Å². The fourth-order valence-corrected chi connectivity index (χ4v) is 7.50. The van der Waals surface area contributed by atoms with E-state index in [4.69, 9.17) is 0 Å². The van der Waals surface area contributed by atoms with E-state index < -0.39 is 10.0 Å². The Bertz CT molecular complexity index is 1240. The van der Waals surface area contributed by atoms with E-state index in [1.807, 2.05) is 36.4 Å². The molecule has 0 aromatic heterocycles. The minimum atomic E-state index is -3.65. The molecule has 1 saturated heterocycles. The van der Waals surface area contributed by atoms with E-state index in [1.54, 1.807) is 18.2 Å². The first-order chi connectivity index (χ1) is 16.7. The highest BCUT2D eigenvalue weighted by Gasteiger charge is 2.35. The standard InChI is InChI=1S/C27H28Br2N2O3S/c1-27(21-8-4-2-5-9-21,22-10-6-3-7-11-22)19-30-26(32)20-14-16-31(17-15-20)35(33,34)25-18-23(28)12-13-24(25)29/h2-13,18,20H,14-17,19H2,1H3,(H,30,32). The fraction of sp³-hybridized carbons (Fsp3) is 0.296. The molecular weight excluding hydrogens is 592 g/mol. The van der Waals surface area contributed by atoms with E-state index in [2.05, 4.69) is 68.4 Å². The molecule has 1 heterocycles. The maximum atomic E-state index is 13.2. The summed E-state index contributed by atoms with van der Waals surface area (Å²) < 4.78 is 29.1. The van der Waals surface area contributed by atoms with Crippen LogP contribution in [0.4, 0.5) is 0 Å². The van der Waals surface area contributed by atoms with Crippen LogP contribution in [0.1, 0.15) is 30.9 Å². The van der Waals surface area contributed by atoms with Crippen molar-refractivity contribution in [3.05, 3.63) is 98.9 Å². The average Bonchev–Trinajstić information content (AvgIpc) is 2.89. The van der Waals surface area contributed by atoms with Gasteiger partial charge in [0.2, 0.25) is 15.9 Å². The van der Waals surface area contributed by atoms with Gasteiger partial charge in [-0.3, -0.25) is 4.79 Å². The van der Waals surface area contributed by atoms with Crippen LogP contribution in [0.2, 0.25) is 0 Å². The Morgan fingerprint density at radius 3 is 2.03 bits per heavy atom. The number of carbonyl (C=O) groups excluding carboxylic acids is 1. The van der Waals surface area contributed by atoms with Crippen molar-refractivity contribution >= 4 is 47.8 Å². The van der Waals surface area contributed by atoms with E-state index in [9.17, 15) is 13.2 Å². The number of piperidine rings is 1. The van der Waals surface area contributed by atoms with Crippen LogP contribution < -0.4 is 5.32 Å². The van der Waals surface area contributed by atoms with Crippen molar-refractivity contribution in [1.29, 1.82) is 0 Å². The summed E-state index contributed by atoms with van der Waals surface area (Å²) in [6, 6.07) is 25.5. The summed E-state index contributed by atoms with van der Waals surface area (Å²) in [5.74, 6) is -0.244. The largest absolute Gasteiger partial charge is 0.355 e. The second kappa shape index (κ2) is 10.9. The van der Waals surface area contributed by atoms with Crippen molar-refractivity contribution in [1.82, 2.24) is 9.62 Å². The van der Waals surface area contributed by atoms with Gasteiger partial charge in [-0.15, -0.1) is 0 Å². The van der Waals surface area contributed by atoms with Crippen molar-refractivity contribution in [2.75, 3.05) is 19.6 Å². The van der Waals surface area contributed by atoms with Crippen LogP contribution in [0.5, 0.6) is 0 Å². The van der Waals surface area contributed by atoms with E-state index >= 15 is 0 Å². The third kappa shape index (κ3) is 5.71. The van der Waals surface area contributed by atoms with Crippen LogP contribution in [0, 0.1) is 5.92 Å². The molecule has 1 N–H and O–H groups in total. The van der Waals surface area contributed by atoms with Crippen molar-refractivity contribution < 1.29 is 13.2 Å². The van der Waals surface area contributed by atoms with Crippen LogP contribution in [0.25, 0.3) is 0 Å². The van der Waals surface area contributed by atoms with Crippen LogP contribution >= 0.6 is 31.9 Å². The first-order valence-electron chi connectivity index (χ1n) is 11.6. The van der Waals surface area contributed by atoms with Crippen molar-refractivity contribution in [2.45, 2.75) is 30.1 Å². The van der Waals surface area contributed by atoms with Crippen molar-refractivity contribution in [2.24, 2.45) is 5.92 Å². The van der Waals surface area contributed by atoms with Gasteiger partial charge in [0.1, 0.15) is 0 Å². The number of nitrogens with one attached hydrogen (secondary N) is 1. The number of amides is 1. The Morgan fingerprint density at radius 1 is 0.943 bits per heavy atom. The van der Waals surface area contributed by atoms with Gasteiger partial charge in [0, 0.05) is 39.9 Å². The molecule has 1 amide bonds. The number of benzene rings is 3. The van der Waals surface area contributed by atoms with Gasteiger partial charge in [-0.25, -0.2) is 8.42 Å². The molecule has 184 valence electrons. The first kappa shape index (κ1) is 26.1. The van der Waals surface area contributed by atoms with E-state index in [0.717, 1.165) is 11.1 Å². The Hall–Kier alpha value is -2.00. The molecule has 1 aliphatic heterocycles. The minimum Gasteiger partial charge on any atom is -0.355 e. The summed E-state index contributed by atoms with van der Waals surface area (Å²) in [4.78, 5) is 13.4. The maximum Gasteiger partial charge on any atom is 0.244 e. The molecule has 0 spiro atoms. The lowest BCUT2D eigenvalue weighted by molar-refractivity contribution is -0.126. The second-order valence-corrected chi connectivity index (χ2v) is 12.7. The van der Waals surface area contributed by atoms with Crippen LogP contribution in [-0.4, -0.2) is 38.3 Å². The van der Waals surface area contributed by atoms with E-state index in [0.29, 0.717) is 41.4 Å². The minimum absolute atomic E-state index is 0.0243. The fourth-order valence-electron chi connectivity index (χ4n) is 4.56. The summed E-state index contributed by atoms with van der Waals surface area (Å²) >= 11 is 6.71. The highest BCUT2D eigenvalue weighted by molar-refractivity contribution is 9.11. The molecule has 0 atom stereocenters. The molecule has 0 unspecified atom stereocenters. The highest BCUT2D eigenvalue weighted by Crippen LogP contribution is 2.33. The number of hydrogen-bond donors (Lipinski definition) is 1. The molecule has 1 aliphatic rings. The van der Waals surface area contributed by atoms with Gasteiger partial charge < -0.3 is 5.32 Å². The number of rotatable bonds is 7. The molecule has 5 nitrogen and oxygen atoms in total. The van der Waals surface area contributed by atoms with Gasteiger partial charge in [0.15, 0.2) is 0 Å². The molecule has 3 aromatic carbocycles. The highest BCUT2D eigenvalue weighted by atomic mass is 79.9. The average molecular weight is 620 g/mol. The number of carbonyl (C=O) groups is 1. The zero-order valence-electron chi connectivity index (χ0n) is 19.5. The molecule has 0 saturated carbocycles. The monoisotopic (exact) mass is 618 g/mol. The molecule has 0 bridgehead atoms. The zero-order valence-corrected chi connectivity index (χ0v) is 23.4. The van der Waals surface area contributed by atoms with Gasteiger partial charge >= 0.3 is 0 Å². The first-order valence-corrected chi connectivity index (χ1v) is 14.6. The SMILES string of the molecule is CC(CNC(=O)C1CCN(S(=O)(=O)c2cc(Br)ccc2Br)CC1)(c1ccccc1)c1ccccc1. The second-order valence-electron chi connectivity index (χ2n) is 9.04. The molecular formula is C27H28Br2N2O3S. The van der Waals surface area contributed by atoms with Crippen LogP contribution in [0.3, 0.4) is 0 Å². The van der Waals surface area contributed by atoms with Gasteiger partial charge in [0.25, 0.3) is 0 Å². The predicted molar refractivity (Wildman–Crippen MR) is 146 cm³/mol. The summed E-state index contributed by atoms with van der Waals surface area (Å²) in [5.41, 5.74) is 1.88. The number of halogens is 2. The molecule has 0 aliphatic carbocycles. The van der Waals surface area contributed by atoms with Gasteiger partial charge in [-0.05, 0) is 65.0 Å². The molecule has 1 fully saturated rings. The third-order valence-electron chi connectivity index (χ3n) is 6.77. The Kier molecular flexibility index (Phi) is 8.16. The number of nitrogens with zero attached hydrogens (tertiary/aromatic N) is 1. The molecule has 8 heteroatoms. The summed E-state index contributed by atoms with van der Waals surface area (Å²) in [6.45, 7) is 3.23. The third-order valence-corrected chi connectivity index (χ3v) is 10.2. The van der Waals surface area contributed by atoms with Crippen molar-refractivity contribution in [3.63, 3.8) is 0 Å². The van der Waals surface area contributed by atoms with Crippen molar-refractivity contribution in [3.8, 4) is 0 Å². The topological polar surface area (TPSA) is 66.5 Å². The smallest absolute Gasteiger partial charge is 0.244 e. The van der Waals surface area contributed by atoms with Gasteiger partial charge in [-0.2, -0.15) is 4.31 Å². The molecule has 35 heavy (non-hydrogen) atoms. The van der Waals surface area contributed by atoms with Gasteiger partial charge in [-0.1, -0.05) is 76.6 Å². The molecule has 3 aromatic rings. The summed E-state index contributed by atoms with van der Waals surface area (Å²) in [5, 5.41) is 3.17. The Morgan fingerprint density at radius 2 is 1.49 bits per heavy atom. The van der Waals surface area contributed by atoms with E-state index in [-0.39, 0.29) is 22.1 Å². The van der Waals surface area contributed by atoms with Crippen LogP contribution in [-0.2, 0) is 20.2 Å². The molecule has 0 radical (unpaired) electrons.